The van der Waals surface area contributed by atoms with Gasteiger partial charge in [-0.15, -0.1) is 0 Å². The Labute approximate surface area is 244 Å². The van der Waals surface area contributed by atoms with E-state index in [4.69, 9.17) is 16.6 Å². The van der Waals surface area contributed by atoms with Gasteiger partial charge in [-0.2, -0.15) is 4.31 Å². The second-order valence-electron chi connectivity index (χ2n) is 9.42. The molecule has 40 heavy (non-hydrogen) atoms. The molecule has 210 valence electrons. The Bertz CT molecular complexity index is 1680. The summed E-state index contributed by atoms with van der Waals surface area (Å²) in [6, 6.07) is 18.7. The van der Waals surface area contributed by atoms with Gasteiger partial charge in [-0.05, 0) is 60.4 Å². The molecule has 1 atom stereocenters. The molecule has 0 spiro atoms. The van der Waals surface area contributed by atoms with Crippen LogP contribution in [0.3, 0.4) is 0 Å². The molecule has 7 nitrogen and oxygen atoms in total. The number of aromatic nitrogens is 2. The molecule has 0 N–H and O–H groups in total. The molecule has 0 aliphatic rings. The van der Waals surface area contributed by atoms with Crippen LogP contribution in [0.5, 0.6) is 0 Å². The second-order valence-corrected chi connectivity index (χ2v) is 12.7. The van der Waals surface area contributed by atoms with E-state index in [1.54, 1.807) is 32.0 Å². The van der Waals surface area contributed by atoms with Crippen LogP contribution in [0, 0.1) is 0 Å². The van der Waals surface area contributed by atoms with Gasteiger partial charge in [-0.25, -0.2) is 13.4 Å². The Morgan fingerprint density at radius 3 is 2.25 bits per heavy atom. The maximum Gasteiger partial charge on any atom is 0.266 e. The van der Waals surface area contributed by atoms with Crippen molar-refractivity contribution >= 4 is 50.1 Å². The molecule has 0 saturated carbocycles. The summed E-state index contributed by atoms with van der Waals surface area (Å²) < 4.78 is 28.5. The number of nitrogens with zero attached hydrogens (tertiary/aromatic N) is 3. The topological polar surface area (TPSA) is 89.3 Å². The zero-order chi connectivity index (χ0) is 29.0. The second kappa shape index (κ2) is 12.7. The lowest BCUT2D eigenvalue weighted by Gasteiger charge is -2.18. The van der Waals surface area contributed by atoms with Crippen molar-refractivity contribution in [3.05, 3.63) is 93.2 Å². The van der Waals surface area contributed by atoms with Crippen molar-refractivity contribution in [2.75, 3.05) is 18.8 Å². The van der Waals surface area contributed by atoms with E-state index in [0.29, 0.717) is 51.3 Å². The number of sulfonamides is 1. The SMILES string of the molecule is CC[C@@H](C)c1ccc(-n2c(SCC(=O)c3ccc(S(=O)(=O)N(CC)CC)cc3)nc3cc(Cl)ccc3c2=O)cc1. The lowest BCUT2D eigenvalue weighted by Crippen LogP contribution is -2.30. The summed E-state index contributed by atoms with van der Waals surface area (Å²) in [5.74, 6) is 0.185. The van der Waals surface area contributed by atoms with E-state index in [0.717, 1.165) is 18.2 Å². The van der Waals surface area contributed by atoms with E-state index >= 15 is 0 Å². The highest BCUT2D eigenvalue weighted by Crippen LogP contribution is 2.26. The number of fused-ring (bicyclic) bond motifs is 1. The predicted octanol–water partition coefficient (Wildman–Crippen LogP) is 6.56. The van der Waals surface area contributed by atoms with E-state index < -0.39 is 10.0 Å². The summed E-state index contributed by atoms with van der Waals surface area (Å²) >= 11 is 7.33. The fourth-order valence-corrected chi connectivity index (χ4v) is 6.92. The molecule has 0 radical (unpaired) electrons. The zero-order valence-electron chi connectivity index (χ0n) is 22.9. The van der Waals surface area contributed by atoms with E-state index in [2.05, 4.69) is 13.8 Å². The third-order valence-electron chi connectivity index (χ3n) is 6.99. The predicted molar refractivity (Wildman–Crippen MR) is 163 cm³/mol. The van der Waals surface area contributed by atoms with Gasteiger partial charge in [0.15, 0.2) is 10.9 Å². The van der Waals surface area contributed by atoms with Crippen molar-refractivity contribution < 1.29 is 13.2 Å². The van der Waals surface area contributed by atoms with Crippen molar-refractivity contribution in [2.24, 2.45) is 0 Å². The van der Waals surface area contributed by atoms with Crippen LogP contribution in [0.4, 0.5) is 0 Å². The van der Waals surface area contributed by atoms with Crippen LogP contribution in [0.15, 0.2) is 81.6 Å². The highest BCUT2D eigenvalue weighted by atomic mass is 35.5. The summed E-state index contributed by atoms with van der Waals surface area (Å²) in [6.45, 7) is 8.57. The Morgan fingerprint density at radius 2 is 1.65 bits per heavy atom. The summed E-state index contributed by atoms with van der Waals surface area (Å²) in [4.78, 5) is 31.6. The maximum absolute atomic E-state index is 13.6. The molecule has 0 amide bonds. The van der Waals surface area contributed by atoms with Gasteiger partial charge < -0.3 is 0 Å². The number of ketones is 1. The first kappa shape index (κ1) is 30.0. The summed E-state index contributed by atoms with van der Waals surface area (Å²) in [5.41, 5.74) is 2.41. The average Bonchev–Trinajstić information content (AvgIpc) is 2.96. The van der Waals surface area contributed by atoms with Gasteiger partial charge in [0.05, 0.1) is 27.2 Å². The monoisotopic (exact) mass is 597 g/mol. The first-order chi connectivity index (χ1) is 19.1. The van der Waals surface area contributed by atoms with Crippen molar-refractivity contribution in [1.82, 2.24) is 13.9 Å². The molecule has 4 aromatic rings. The Kier molecular flexibility index (Phi) is 9.51. The van der Waals surface area contributed by atoms with Gasteiger partial charge in [0, 0.05) is 23.7 Å². The maximum atomic E-state index is 13.6. The normalized spacial score (nSPS) is 12.7. The lowest BCUT2D eigenvalue weighted by atomic mass is 9.98. The highest BCUT2D eigenvalue weighted by molar-refractivity contribution is 7.99. The minimum Gasteiger partial charge on any atom is -0.293 e. The van der Waals surface area contributed by atoms with E-state index in [1.165, 1.54) is 38.7 Å². The molecule has 0 unspecified atom stereocenters. The van der Waals surface area contributed by atoms with E-state index in [-0.39, 0.29) is 22.0 Å². The summed E-state index contributed by atoms with van der Waals surface area (Å²) in [7, 11) is -3.62. The highest BCUT2D eigenvalue weighted by Gasteiger charge is 2.22. The van der Waals surface area contributed by atoms with Crippen molar-refractivity contribution in [3.63, 3.8) is 0 Å². The molecule has 1 aromatic heterocycles. The molecule has 3 aromatic carbocycles. The molecule has 0 saturated heterocycles. The molecule has 0 aliphatic heterocycles. The van der Waals surface area contributed by atoms with Crippen molar-refractivity contribution in [1.29, 1.82) is 0 Å². The first-order valence-electron chi connectivity index (χ1n) is 13.2. The summed E-state index contributed by atoms with van der Waals surface area (Å²) in [6.07, 6.45) is 1.00. The smallest absolute Gasteiger partial charge is 0.266 e. The molecule has 4 rings (SSSR count). The van der Waals surface area contributed by atoms with E-state index in [9.17, 15) is 18.0 Å². The van der Waals surface area contributed by atoms with Crippen molar-refractivity contribution in [3.8, 4) is 5.69 Å². The number of thioether (sulfide) groups is 1. The van der Waals surface area contributed by atoms with Gasteiger partial charge in [0.25, 0.3) is 5.56 Å². The Morgan fingerprint density at radius 1 is 1.00 bits per heavy atom. The van der Waals surface area contributed by atoms with Gasteiger partial charge >= 0.3 is 0 Å². The lowest BCUT2D eigenvalue weighted by molar-refractivity contribution is 0.102. The first-order valence-corrected chi connectivity index (χ1v) is 16.0. The third-order valence-corrected chi connectivity index (χ3v) is 10.2. The number of Topliss-reactive ketones (excluding diaryl/α,β-unsaturated/α-hetero) is 1. The molecule has 0 aliphatic carbocycles. The molecule has 0 bridgehead atoms. The summed E-state index contributed by atoms with van der Waals surface area (Å²) in [5, 5.41) is 1.25. The van der Waals surface area contributed by atoms with Crippen LogP contribution >= 0.6 is 23.4 Å². The van der Waals surface area contributed by atoms with E-state index in [1.807, 2.05) is 24.3 Å². The van der Waals surface area contributed by atoms with Crippen LogP contribution in [0.1, 0.15) is 56.0 Å². The van der Waals surface area contributed by atoms with Gasteiger partial charge in [0.1, 0.15) is 0 Å². The minimum absolute atomic E-state index is 0.00556. The molecule has 1 heterocycles. The number of benzene rings is 3. The van der Waals surface area contributed by atoms with Gasteiger partial charge in [-0.1, -0.05) is 75.3 Å². The Balaban J connectivity index is 1.66. The van der Waals surface area contributed by atoms with Gasteiger partial charge in [-0.3, -0.25) is 14.2 Å². The number of halogens is 1. The largest absolute Gasteiger partial charge is 0.293 e. The standard InChI is InChI=1S/C30H32ClN3O4S2/c1-5-20(4)21-8-13-24(14-9-21)34-29(36)26-17-12-23(31)18-27(26)32-30(34)39-19-28(35)22-10-15-25(16-11-22)40(37,38)33(6-2)7-3/h8-18,20H,5-7,19H2,1-4H3/t20-/m1/s1. The van der Waals surface area contributed by atoms with Crippen LogP contribution in [0.2, 0.25) is 5.02 Å². The molecular formula is C30H32ClN3O4S2. The number of hydrogen-bond acceptors (Lipinski definition) is 6. The van der Waals surface area contributed by atoms with Crippen molar-refractivity contribution in [2.45, 2.75) is 50.1 Å². The fraction of sp³-hybridized carbons (Fsp3) is 0.300. The molecular weight excluding hydrogens is 566 g/mol. The Hall–Kier alpha value is -2.98. The van der Waals surface area contributed by atoms with Crippen LogP contribution in [-0.4, -0.2) is 46.9 Å². The molecule has 10 heteroatoms. The quantitative estimate of drug-likeness (QED) is 0.111. The number of carbonyl (C=O) groups excluding carboxylic acids is 1. The third kappa shape index (κ3) is 6.17. The van der Waals surface area contributed by atoms with Crippen LogP contribution < -0.4 is 5.56 Å². The van der Waals surface area contributed by atoms with Crippen LogP contribution in [-0.2, 0) is 10.0 Å². The average molecular weight is 598 g/mol. The number of carbonyl (C=O) groups is 1. The molecule has 0 fully saturated rings. The van der Waals surface area contributed by atoms with Gasteiger partial charge in [0.2, 0.25) is 10.0 Å². The minimum atomic E-state index is -3.62. The fourth-order valence-electron chi connectivity index (χ4n) is 4.39. The zero-order valence-corrected chi connectivity index (χ0v) is 25.3. The number of rotatable bonds is 11. The van der Waals surface area contributed by atoms with Crippen LogP contribution in [0.25, 0.3) is 16.6 Å². The number of hydrogen-bond donors (Lipinski definition) is 0.